The average Bonchev–Trinajstić information content (AvgIpc) is 2.61. The first-order valence-corrected chi connectivity index (χ1v) is 7.15. The molecule has 23 heavy (non-hydrogen) atoms. The Labute approximate surface area is 135 Å². The van der Waals surface area contributed by atoms with Gasteiger partial charge in [-0.15, -0.1) is 0 Å². The van der Waals surface area contributed by atoms with Crippen molar-refractivity contribution < 1.29 is 19.1 Å². The molecule has 2 aromatic carbocycles. The molecular formula is C19H18O4. The van der Waals surface area contributed by atoms with Crippen molar-refractivity contribution in [2.75, 3.05) is 14.2 Å². The second kappa shape index (κ2) is 7.94. The van der Waals surface area contributed by atoms with Gasteiger partial charge in [0.25, 0.3) is 0 Å². The van der Waals surface area contributed by atoms with E-state index in [1.165, 1.54) is 14.2 Å². The molecule has 0 N–H and O–H groups in total. The predicted molar refractivity (Wildman–Crippen MR) is 88.5 cm³/mol. The molecule has 4 heteroatoms. The largest absolute Gasteiger partial charge is 0.469 e. The zero-order valence-electron chi connectivity index (χ0n) is 13.1. The molecule has 4 nitrogen and oxygen atoms in total. The Kier molecular flexibility index (Phi) is 5.69. The summed E-state index contributed by atoms with van der Waals surface area (Å²) in [6.07, 6.45) is 1.52. The molecule has 0 heterocycles. The van der Waals surface area contributed by atoms with Gasteiger partial charge in [-0.2, -0.15) is 0 Å². The predicted octanol–water partition coefficient (Wildman–Crippen LogP) is 3.47. The highest BCUT2D eigenvalue weighted by molar-refractivity contribution is 5.98. The zero-order valence-corrected chi connectivity index (χ0v) is 13.1. The van der Waals surface area contributed by atoms with E-state index in [0.717, 1.165) is 16.7 Å². The van der Waals surface area contributed by atoms with Crippen LogP contribution in [-0.4, -0.2) is 26.2 Å². The molecule has 0 bridgehead atoms. The van der Waals surface area contributed by atoms with Crippen molar-refractivity contribution in [1.82, 2.24) is 0 Å². The molecule has 0 saturated carbocycles. The molecule has 0 aliphatic heterocycles. The number of hydrogen-bond donors (Lipinski definition) is 0. The number of carbonyl (C=O) groups excluding carboxylic acids is 2. The maximum Gasteiger partial charge on any atom is 0.334 e. The normalized spacial score (nSPS) is 11.0. The third-order valence-corrected chi connectivity index (χ3v) is 3.37. The van der Waals surface area contributed by atoms with E-state index in [9.17, 15) is 9.59 Å². The first kappa shape index (κ1) is 16.5. The van der Waals surface area contributed by atoms with Gasteiger partial charge in [-0.1, -0.05) is 54.6 Å². The minimum atomic E-state index is -0.539. The van der Waals surface area contributed by atoms with E-state index in [0.29, 0.717) is 0 Å². The maximum atomic E-state index is 11.8. The van der Waals surface area contributed by atoms with Crippen LogP contribution in [0.2, 0.25) is 0 Å². The van der Waals surface area contributed by atoms with Crippen LogP contribution in [0.1, 0.15) is 12.0 Å². The summed E-state index contributed by atoms with van der Waals surface area (Å²) in [5.41, 5.74) is 3.27. The molecule has 0 fully saturated rings. The fourth-order valence-electron chi connectivity index (χ4n) is 2.14. The van der Waals surface area contributed by atoms with E-state index >= 15 is 0 Å². The molecule has 2 rings (SSSR count). The monoisotopic (exact) mass is 310 g/mol. The number of benzene rings is 2. The van der Waals surface area contributed by atoms with Gasteiger partial charge >= 0.3 is 11.9 Å². The van der Waals surface area contributed by atoms with E-state index in [1.807, 2.05) is 54.6 Å². The second-order valence-corrected chi connectivity index (χ2v) is 4.90. The van der Waals surface area contributed by atoms with E-state index in [2.05, 4.69) is 4.74 Å². The number of rotatable bonds is 5. The lowest BCUT2D eigenvalue weighted by molar-refractivity contribution is -0.143. The fourth-order valence-corrected chi connectivity index (χ4v) is 2.14. The minimum Gasteiger partial charge on any atom is -0.469 e. The number of esters is 2. The van der Waals surface area contributed by atoms with Crippen molar-refractivity contribution in [3.8, 4) is 11.1 Å². The molecule has 0 aliphatic carbocycles. The third-order valence-electron chi connectivity index (χ3n) is 3.37. The summed E-state index contributed by atoms with van der Waals surface area (Å²) in [6.45, 7) is 0. The lowest BCUT2D eigenvalue weighted by Gasteiger charge is -2.06. The Balaban J connectivity index is 2.25. The number of methoxy groups -OCH3 is 2. The summed E-state index contributed by atoms with van der Waals surface area (Å²) < 4.78 is 9.31. The summed E-state index contributed by atoms with van der Waals surface area (Å²) >= 11 is 0. The highest BCUT2D eigenvalue weighted by atomic mass is 16.5. The Morgan fingerprint density at radius 3 is 2.04 bits per heavy atom. The van der Waals surface area contributed by atoms with Crippen LogP contribution in [0.3, 0.4) is 0 Å². The zero-order chi connectivity index (χ0) is 16.7. The molecule has 0 aliphatic rings. The van der Waals surface area contributed by atoms with Crippen molar-refractivity contribution in [2.24, 2.45) is 0 Å². The number of hydrogen-bond acceptors (Lipinski definition) is 4. The van der Waals surface area contributed by atoms with Gasteiger partial charge in [0.05, 0.1) is 20.6 Å². The Bertz CT molecular complexity index is 700. The van der Waals surface area contributed by atoms with Crippen LogP contribution in [0.15, 0.2) is 60.2 Å². The van der Waals surface area contributed by atoms with E-state index in [1.54, 1.807) is 6.08 Å². The van der Waals surface area contributed by atoms with Crippen LogP contribution >= 0.6 is 0 Å². The van der Waals surface area contributed by atoms with Gasteiger partial charge in [0.2, 0.25) is 0 Å². The van der Waals surface area contributed by atoms with Gasteiger partial charge in [-0.3, -0.25) is 4.79 Å². The molecule has 0 amide bonds. The second-order valence-electron chi connectivity index (χ2n) is 4.90. The van der Waals surface area contributed by atoms with Crippen molar-refractivity contribution >= 4 is 18.0 Å². The fraction of sp³-hybridized carbons (Fsp3) is 0.158. The highest BCUT2D eigenvalue weighted by Crippen LogP contribution is 2.21. The summed E-state index contributed by atoms with van der Waals surface area (Å²) in [6, 6.07) is 17.7. The summed E-state index contributed by atoms with van der Waals surface area (Å²) in [7, 11) is 2.57. The minimum absolute atomic E-state index is 0.121. The van der Waals surface area contributed by atoms with Crippen molar-refractivity contribution in [3.63, 3.8) is 0 Å². The Morgan fingerprint density at radius 2 is 1.48 bits per heavy atom. The molecule has 118 valence electrons. The van der Waals surface area contributed by atoms with Crippen LogP contribution in [0, 0.1) is 0 Å². The molecule has 0 aromatic heterocycles. The molecule has 0 spiro atoms. The van der Waals surface area contributed by atoms with Crippen LogP contribution in [0.5, 0.6) is 0 Å². The Hall–Kier alpha value is -2.88. The average molecular weight is 310 g/mol. The van der Waals surface area contributed by atoms with Gasteiger partial charge < -0.3 is 9.47 Å². The van der Waals surface area contributed by atoms with Gasteiger partial charge in [-0.05, 0) is 22.8 Å². The summed E-state index contributed by atoms with van der Waals surface area (Å²) in [5, 5.41) is 0. The smallest absolute Gasteiger partial charge is 0.334 e. The van der Waals surface area contributed by atoms with Crippen LogP contribution < -0.4 is 0 Å². The van der Waals surface area contributed by atoms with Crippen LogP contribution in [0.4, 0.5) is 0 Å². The van der Waals surface area contributed by atoms with Gasteiger partial charge in [0, 0.05) is 5.57 Å². The molecule has 0 atom stereocenters. The van der Waals surface area contributed by atoms with Crippen LogP contribution in [-0.2, 0) is 19.1 Å². The number of ether oxygens (including phenoxy) is 2. The van der Waals surface area contributed by atoms with Gasteiger partial charge in [0.15, 0.2) is 0 Å². The molecule has 0 radical (unpaired) electrons. The molecule has 2 aromatic rings. The van der Waals surface area contributed by atoms with E-state index in [4.69, 9.17) is 4.74 Å². The first-order chi connectivity index (χ1) is 11.1. The van der Waals surface area contributed by atoms with Crippen molar-refractivity contribution in [1.29, 1.82) is 0 Å². The summed E-state index contributed by atoms with van der Waals surface area (Å²) in [5.74, 6) is -1.02. The van der Waals surface area contributed by atoms with Gasteiger partial charge in [-0.25, -0.2) is 4.79 Å². The SMILES string of the molecule is COC(=O)C/C(=C\c1ccc(-c2ccccc2)cc1)C(=O)OC. The summed E-state index contributed by atoms with van der Waals surface area (Å²) in [4.78, 5) is 23.2. The quantitative estimate of drug-likeness (QED) is 0.627. The maximum absolute atomic E-state index is 11.8. The van der Waals surface area contributed by atoms with Crippen molar-refractivity contribution in [2.45, 2.75) is 6.42 Å². The van der Waals surface area contributed by atoms with E-state index in [-0.39, 0.29) is 12.0 Å². The Morgan fingerprint density at radius 1 is 0.870 bits per heavy atom. The molecule has 0 saturated heterocycles. The standard InChI is InChI=1S/C19H18O4/c1-22-18(20)13-17(19(21)23-2)12-14-8-10-16(11-9-14)15-6-4-3-5-7-15/h3-12H,13H2,1-2H3/b17-12+. The number of carbonyl (C=O) groups is 2. The molecular weight excluding hydrogens is 292 g/mol. The third kappa shape index (κ3) is 4.54. The lowest BCUT2D eigenvalue weighted by atomic mass is 10.0. The highest BCUT2D eigenvalue weighted by Gasteiger charge is 2.14. The molecule has 0 unspecified atom stereocenters. The topological polar surface area (TPSA) is 52.6 Å². The van der Waals surface area contributed by atoms with Crippen LogP contribution in [0.25, 0.3) is 17.2 Å². The van der Waals surface area contributed by atoms with Crippen molar-refractivity contribution in [3.05, 3.63) is 65.7 Å². The van der Waals surface area contributed by atoms with E-state index < -0.39 is 11.9 Å². The lowest BCUT2D eigenvalue weighted by Crippen LogP contribution is -2.10. The first-order valence-electron chi connectivity index (χ1n) is 7.15. The van der Waals surface area contributed by atoms with Gasteiger partial charge in [0.1, 0.15) is 0 Å².